The molecule has 1 amide bonds. The van der Waals surface area contributed by atoms with Gasteiger partial charge < -0.3 is 14.8 Å². The van der Waals surface area contributed by atoms with E-state index in [4.69, 9.17) is 9.47 Å². The molecule has 1 aromatic heterocycles. The number of carbonyl (C=O) groups is 1. The molecule has 2 heterocycles. The fourth-order valence-electron chi connectivity index (χ4n) is 2.85. The van der Waals surface area contributed by atoms with Crippen LogP contribution in [0.2, 0.25) is 0 Å². The molecule has 26 heavy (non-hydrogen) atoms. The summed E-state index contributed by atoms with van der Waals surface area (Å²) >= 11 is 1.50. The van der Waals surface area contributed by atoms with Gasteiger partial charge in [0.05, 0.1) is 5.69 Å². The average molecular weight is 366 g/mol. The minimum Gasteiger partial charge on any atom is -0.454 e. The first-order valence-corrected chi connectivity index (χ1v) is 9.22. The van der Waals surface area contributed by atoms with Crippen molar-refractivity contribution in [3.63, 3.8) is 0 Å². The lowest BCUT2D eigenvalue weighted by molar-refractivity contribution is -0.116. The van der Waals surface area contributed by atoms with Gasteiger partial charge in [0.15, 0.2) is 16.6 Å². The Morgan fingerprint density at radius 2 is 1.96 bits per heavy atom. The average Bonchev–Trinajstić information content (AvgIpc) is 3.26. The summed E-state index contributed by atoms with van der Waals surface area (Å²) in [5, 5.41) is 3.54. The van der Waals surface area contributed by atoms with Gasteiger partial charge in [0, 0.05) is 16.9 Å². The molecule has 0 unspecified atom stereocenters. The number of fused-ring (bicyclic) bond motifs is 1. The number of thiazole rings is 1. The van der Waals surface area contributed by atoms with Crippen LogP contribution in [0.25, 0.3) is 11.3 Å². The van der Waals surface area contributed by atoms with E-state index in [-0.39, 0.29) is 12.7 Å². The van der Waals surface area contributed by atoms with Gasteiger partial charge in [-0.05, 0) is 31.0 Å². The van der Waals surface area contributed by atoms with E-state index in [9.17, 15) is 4.79 Å². The molecule has 1 aliphatic rings. The largest absolute Gasteiger partial charge is 0.454 e. The Morgan fingerprint density at radius 1 is 1.15 bits per heavy atom. The number of anilines is 1. The van der Waals surface area contributed by atoms with Gasteiger partial charge in [0.25, 0.3) is 0 Å². The van der Waals surface area contributed by atoms with Crippen molar-refractivity contribution in [3.05, 3.63) is 59.0 Å². The van der Waals surface area contributed by atoms with Crippen LogP contribution in [-0.2, 0) is 11.2 Å². The predicted octanol–water partition coefficient (Wildman–Crippen LogP) is 4.42. The Hall–Kier alpha value is -2.86. The number of hydrogen-bond acceptors (Lipinski definition) is 5. The van der Waals surface area contributed by atoms with Gasteiger partial charge in [-0.15, -0.1) is 11.3 Å². The second-order valence-electron chi connectivity index (χ2n) is 6.03. The van der Waals surface area contributed by atoms with E-state index in [1.54, 1.807) is 0 Å². The summed E-state index contributed by atoms with van der Waals surface area (Å²) in [5.41, 5.74) is 3.02. The van der Waals surface area contributed by atoms with Crippen LogP contribution in [0.4, 0.5) is 5.13 Å². The molecule has 6 heteroatoms. The lowest BCUT2D eigenvalue weighted by Gasteiger charge is -2.04. The molecular formula is C20H18N2O3S. The Labute approximate surface area is 155 Å². The third kappa shape index (κ3) is 3.55. The first-order chi connectivity index (χ1) is 12.7. The number of ether oxygens (including phenoxy) is 2. The zero-order valence-electron chi connectivity index (χ0n) is 14.3. The van der Waals surface area contributed by atoms with E-state index in [1.807, 2.05) is 55.5 Å². The normalized spacial score (nSPS) is 12.2. The van der Waals surface area contributed by atoms with Crippen LogP contribution in [0.15, 0.2) is 48.5 Å². The molecule has 0 bridgehead atoms. The van der Waals surface area contributed by atoms with Gasteiger partial charge in [0.2, 0.25) is 12.7 Å². The third-order valence-corrected chi connectivity index (χ3v) is 5.05. The summed E-state index contributed by atoms with van der Waals surface area (Å²) in [6, 6.07) is 15.8. The monoisotopic (exact) mass is 366 g/mol. The first-order valence-electron chi connectivity index (χ1n) is 8.40. The minimum atomic E-state index is -0.0453. The predicted molar refractivity (Wildman–Crippen MR) is 102 cm³/mol. The highest BCUT2D eigenvalue weighted by molar-refractivity contribution is 7.16. The van der Waals surface area contributed by atoms with E-state index >= 15 is 0 Å². The molecule has 0 saturated carbocycles. The molecule has 132 valence electrons. The van der Waals surface area contributed by atoms with Crippen molar-refractivity contribution in [3.8, 4) is 22.8 Å². The SMILES string of the molecule is Cc1sc(NC(=O)CCc2ccc3c(c2)OCO3)nc1-c1ccccc1. The fourth-order valence-corrected chi connectivity index (χ4v) is 3.70. The number of hydrogen-bond donors (Lipinski definition) is 1. The number of nitrogens with zero attached hydrogens (tertiary/aromatic N) is 1. The maximum atomic E-state index is 12.3. The summed E-state index contributed by atoms with van der Waals surface area (Å²) in [7, 11) is 0. The number of amides is 1. The summed E-state index contributed by atoms with van der Waals surface area (Å²) in [6.45, 7) is 2.27. The summed E-state index contributed by atoms with van der Waals surface area (Å²) in [4.78, 5) is 17.9. The first kappa shape index (κ1) is 16.6. The minimum absolute atomic E-state index is 0.0453. The molecule has 3 aromatic rings. The fraction of sp³-hybridized carbons (Fsp3) is 0.200. The highest BCUT2D eigenvalue weighted by Crippen LogP contribution is 2.33. The smallest absolute Gasteiger partial charge is 0.231 e. The zero-order valence-corrected chi connectivity index (χ0v) is 15.1. The summed E-state index contributed by atoms with van der Waals surface area (Å²) in [6.07, 6.45) is 1.03. The van der Waals surface area contributed by atoms with Crippen molar-refractivity contribution >= 4 is 22.4 Å². The number of rotatable bonds is 5. The number of carbonyl (C=O) groups excluding carboxylic acids is 1. The quantitative estimate of drug-likeness (QED) is 0.726. The molecular weight excluding hydrogens is 348 g/mol. The van der Waals surface area contributed by atoms with Crippen LogP contribution in [0.5, 0.6) is 11.5 Å². The highest BCUT2D eigenvalue weighted by Gasteiger charge is 2.15. The molecule has 0 aliphatic carbocycles. The maximum Gasteiger partial charge on any atom is 0.231 e. The number of benzene rings is 2. The summed E-state index contributed by atoms with van der Waals surface area (Å²) < 4.78 is 10.7. The van der Waals surface area contributed by atoms with E-state index < -0.39 is 0 Å². The molecule has 0 fully saturated rings. The Morgan fingerprint density at radius 3 is 2.81 bits per heavy atom. The third-order valence-electron chi connectivity index (χ3n) is 4.17. The van der Waals surface area contributed by atoms with Gasteiger partial charge in [-0.1, -0.05) is 36.4 Å². The molecule has 0 atom stereocenters. The van der Waals surface area contributed by atoms with Crippen LogP contribution in [-0.4, -0.2) is 17.7 Å². The molecule has 5 nitrogen and oxygen atoms in total. The van der Waals surface area contributed by atoms with Gasteiger partial charge in [-0.3, -0.25) is 4.79 Å². The van der Waals surface area contributed by atoms with Crippen molar-refractivity contribution in [2.75, 3.05) is 12.1 Å². The molecule has 1 aliphatic heterocycles. The Balaban J connectivity index is 1.38. The topological polar surface area (TPSA) is 60.5 Å². The Kier molecular flexibility index (Phi) is 4.58. The van der Waals surface area contributed by atoms with Gasteiger partial charge >= 0.3 is 0 Å². The van der Waals surface area contributed by atoms with Crippen LogP contribution >= 0.6 is 11.3 Å². The van der Waals surface area contributed by atoms with Crippen LogP contribution < -0.4 is 14.8 Å². The van der Waals surface area contributed by atoms with Crippen molar-refractivity contribution in [2.45, 2.75) is 19.8 Å². The van der Waals surface area contributed by atoms with Gasteiger partial charge in [-0.2, -0.15) is 0 Å². The van der Waals surface area contributed by atoms with Crippen molar-refractivity contribution in [1.29, 1.82) is 0 Å². The van der Waals surface area contributed by atoms with Crippen molar-refractivity contribution in [2.24, 2.45) is 0 Å². The number of aryl methyl sites for hydroxylation is 2. The van der Waals surface area contributed by atoms with E-state index in [0.717, 1.165) is 33.2 Å². The Bertz CT molecular complexity index is 937. The highest BCUT2D eigenvalue weighted by atomic mass is 32.1. The van der Waals surface area contributed by atoms with Gasteiger partial charge in [0.1, 0.15) is 0 Å². The van der Waals surface area contributed by atoms with Crippen LogP contribution in [0.1, 0.15) is 16.9 Å². The molecule has 0 saturated heterocycles. The standard InChI is InChI=1S/C20H18N2O3S/c1-13-19(15-5-3-2-4-6-15)22-20(26-13)21-18(23)10-8-14-7-9-16-17(11-14)25-12-24-16/h2-7,9,11H,8,10,12H2,1H3,(H,21,22,23). The van der Waals surface area contributed by atoms with Crippen LogP contribution in [0, 0.1) is 6.92 Å². The lowest BCUT2D eigenvalue weighted by atomic mass is 10.1. The molecule has 1 N–H and O–H groups in total. The maximum absolute atomic E-state index is 12.3. The second-order valence-corrected chi connectivity index (χ2v) is 7.23. The molecule has 0 spiro atoms. The number of nitrogens with one attached hydrogen (secondary N) is 1. The molecule has 0 radical (unpaired) electrons. The second kappa shape index (κ2) is 7.17. The van der Waals surface area contributed by atoms with Crippen LogP contribution in [0.3, 0.4) is 0 Å². The van der Waals surface area contributed by atoms with E-state index in [2.05, 4.69) is 10.3 Å². The molecule has 4 rings (SSSR count). The number of aromatic nitrogens is 1. The van der Waals surface area contributed by atoms with Gasteiger partial charge in [-0.25, -0.2) is 4.98 Å². The van der Waals surface area contributed by atoms with Crippen molar-refractivity contribution < 1.29 is 14.3 Å². The zero-order chi connectivity index (χ0) is 17.9. The summed E-state index contributed by atoms with van der Waals surface area (Å²) in [5.74, 6) is 1.45. The van der Waals surface area contributed by atoms with Crippen molar-refractivity contribution in [1.82, 2.24) is 4.98 Å². The molecule has 2 aromatic carbocycles. The van der Waals surface area contributed by atoms with E-state index in [0.29, 0.717) is 18.0 Å². The van der Waals surface area contributed by atoms with E-state index in [1.165, 1.54) is 11.3 Å². The lowest BCUT2D eigenvalue weighted by Crippen LogP contribution is -2.12.